The number of rotatable bonds is 5. The Kier molecular flexibility index (Phi) is 4.86. The standard InChI is InChI=1S/C20H23FN2O4/c1-25-16-3-2-13-4-7-22-18(17(13)10-16)27-12-15-11-20(21,19(24)23-15)14-5-8-26-9-6-14/h2-4,7,10,14-15H,5-6,8-9,11-12H2,1H3,(H,23,24)/t15-,20+/m0/s1. The zero-order chi connectivity index (χ0) is 18.9. The molecule has 2 aliphatic rings. The lowest BCUT2D eigenvalue weighted by molar-refractivity contribution is -0.134. The van der Waals surface area contributed by atoms with Gasteiger partial charge in [0, 0.05) is 37.1 Å². The number of carbonyl (C=O) groups excluding carboxylic acids is 1. The first-order valence-corrected chi connectivity index (χ1v) is 9.23. The van der Waals surface area contributed by atoms with Gasteiger partial charge in [0.05, 0.1) is 13.2 Å². The van der Waals surface area contributed by atoms with Gasteiger partial charge in [-0.2, -0.15) is 0 Å². The van der Waals surface area contributed by atoms with Crippen LogP contribution in [0, 0.1) is 5.92 Å². The number of methoxy groups -OCH3 is 1. The molecule has 0 spiro atoms. The number of hydrogen-bond donors (Lipinski definition) is 1. The Morgan fingerprint density at radius 2 is 2.15 bits per heavy atom. The van der Waals surface area contributed by atoms with Crippen molar-refractivity contribution >= 4 is 16.7 Å². The summed E-state index contributed by atoms with van der Waals surface area (Å²) in [5, 5.41) is 4.54. The molecule has 0 aliphatic carbocycles. The molecule has 2 fully saturated rings. The Labute approximate surface area is 157 Å². The van der Waals surface area contributed by atoms with E-state index in [1.54, 1.807) is 13.3 Å². The number of carbonyl (C=O) groups is 1. The molecule has 2 aliphatic heterocycles. The van der Waals surface area contributed by atoms with Crippen LogP contribution in [-0.4, -0.2) is 49.5 Å². The molecule has 1 N–H and O–H groups in total. The highest BCUT2D eigenvalue weighted by Crippen LogP contribution is 2.38. The van der Waals surface area contributed by atoms with E-state index in [9.17, 15) is 4.79 Å². The molecule has 144 valence electrons. The Morgan fingerprint density at radius 1 is 1.33 bits per heavy atom. The van der Waals surface area contributed by atoms with Gasteiger partial charge in [-0.15, -0.1) is 0 Å². The SMILES string of the molecule is COc1ccc2ccnc(OC[C@@H]3C[C@@](F)(C4CCOCC4)C(=O)N3)c2c1. The first-order chi connectivity index (χ1) is 13.1. The van der Waals surface area contributed by atoms with E-state index in [1.165, 1.54) is 0 Å². The monoisotopic (exact) mass is 374 g/mol. The maximum absolute atomic E-state index is 15.4. The van der Waals surface area contributed by atoms with Gasteiger partial charge < -0.3 is 19.5 Å². The molecule has 2 atom stereocenters. The molecule has 3 heterocycles. The fraction of sp³-hybridized carbons (Fsp3) is 0.500. The van der Waals surface area contributed by atoms with E-state index in [0.717, 1.165) is 10.8 Å². The van der Waals surface area contributed by atoms with Gasteiger partial charge in [0.2, 0.25) is 5.88 Å². The molecular weight excluding hydrogens is 351 g/mol. The first-order valence-electron chi connectivity index (χ1n) is 9.23. The van der Waals surface area contributed by atoms with Crippen molar-refractivity contribution in [1.29, 1.82) is 0 Å². The molecule has 0 bridgehead atoms. The summed E-state index contributed by atoms with van der Waals surface area (Å²) < 4.78 is 31.8. The molecule has 1 aromatic carbocycles. The van der Waals surface area contributed by atoms with E-state index >= 15 is 4.39 Å². The van der Waals surface area contributed by atoms with Gasteiger partial charge in [-0.1, -0.05) is 6.07 Å². The molecule has 0 unspecified atom stereocenters. The third-order valence-corrected chi connectivity index (χ3v) is 5.48. The lowest BCUT2D eigenvalue weighted by atomic mass is 9.81. The Bertz CT molecular complexity index is 840. The third kappa shape index (κ3) is 3.43. The average Bonchev–Trinajstić information content (AvgIpc) is 3.01. The van der Waals surface area contributed by atoms with Crippen LogP contribution in [0.3, 0.4) is 0 Å². The number of fused-ring (bicyclic) bond motifs is 1. The quantitative estimate of drug-likeness (QED) is 0.871. The number of nitrogens with one attached hydrogen (secondary N) is 1. The van der Waals surface area contributed by atoms with Gasteiger partial charge in [0.15, 0.2) is 5.67 Å². The number of aromatic nitrogens is 1. The largest absolute Gasteiger partial charge is 0.497 e. The van der Waals surface area contributed by atoms with Crippen molar-refractivity contribution in [1.82, 2.24) is 10.3 Å². The van der Waals surface area contributed by atoms with Gasteiger partial charge in [-0.05, 0) is 36.4 Å². The van der Waals surface area contributed by atoms with Gasteiger partial charge in [-0.3, -0.25) is 4.79 Å². The summed E-state index contributed by atoms with van der Waals surface area (Å²) in [6, 6.07) is 7.16. The van der Waals surface area contributed by atoms with Crippen LogP contribution in [0.15, 0.2) is 30.5 Å². The van der Waals surface area contributed by atoms with Crippen molar-refractivity contribution in [2.24, 2.45) is 5.92 Å². The molecule has 0 radical (unpaired) electrons. The van der Waals surface area contributed by atoms with Crippen LogP contribution in [0.1, 0.15) is 19.3 Å². The predicted octanol–water partition coefficient (Wildman–Crippen LogP) is 2.65. The second kappa shape index (κ2) is 7.31. The summed E-state index contributed by atoms with van der Waals surface area (Å²) in [7, 11) is 1.60. The molecule has 1 amide bonds. The summed E-state index contributed by atoms with van der Waals surface area (Å²) in [4.78, 5) is 16.6. The van der Waals surface area contributed by atoms with Gasteiger partial charge in [-0.25, -0.2) is 9.37 Å². The summed E-state index contributed by atoms with van der Waals surface area (Å²) in [6.45, 7) is 1.18. The lowest BCUT2D eigenvalue weighted by Gasteiger charge is -2.31. The summed E-state index contributed by atoms with van der Waals surface area (Å²) in [5.74, 6) is 0.326. The number of benzene rings is 1. The molecule has 6 nitrogen and oxygen atoms in total. The van der Waals surface area contributed by atoms with Crippen LogP contribution in [-0.2, 0) is 9.53 Å². The summed E-state index contributed by atoms with van der Waals surface area (Å²) in [5.41, 5.74) is -1.84. The van der Waals surface area contributed by atoms with Gasteiger partial charge in [0.25, 0.3) is 5.91 Å². The number of nitrogens with zero attached hydrogens (tertiary/aromatic N) is 1. The first kappa shape index (κ1) is 18.0. The lowest BCUT2D eigenvalue weighted by Crippen LogP contribution is -2.43. The normalized spacial score (nSPS) is 26.1. The number of amides is 1. The minimum atomic E-state index is -1.84. The average molecular weight is 374 g/mol. The predicted molar refractivity (Wildman–Crippen MR) is 97.7 cm³/mol. The van der Waals surface area contributed by atoms with Gasteiger partial charge >= 0.3 is 0 Å². The van der Waals surface area contributed by atoms with Crippen LogP contribution in [0.4, 0.5) is 4.39 Å². The number of alkyl halides is 1. The second-order valence-electron chi connectivity index (χ2n) is 7.14. The Hall–Kier alpha value is -2.41. The highest BCUT2D eigenvalue weighted by atomic mass is 19.1. The van der Waals surface area contributed by atoms with Crippen LogP contribution < -0.4 is 14.8 Å². The molecular formula is C20H23FN2O4. The van der Waals surface area contributed by atoms with Crippen LogP contribution in [0.2, 0.25) is 0 Å². The molecule has 1 aromatic heterocycles. The number of ether oxygens (including phenoxy) is 3. The molecule has 27 heavy (non-hydrogen) atoms. The highest BCUT2D eigenvalue weighted by molar-refractivity contribution is 5.89. The van der Waals surface area contributed by atoms with Crippen molar-refractivity contribution in [3.05, 3.63) is 30.5 Å². The molecule has 7 heteroatoms. The van der Waals surface area contributed by atoms with Crippen molar-refractivity contribution in [2.75, 3.05) is 26.9 Å². The highest BCUT2D eigenvalue weighted by Gasteiger charge is 2.53. The third-order valence-electron chi connectivity index (χ3n) is 5.48. The van der Waals surface area contributed by atoms with Crippen LogP contribution >= 0.6 is 0 Å². The van der Waals surface area contributed by atoms with Gasteiger partial charge in [0.1, 0.15) is 12.4 Å². The van der Waals surface area contributed by atoms with Crippen molar-refractivity contribution in [2.45, 2.75) is 31.0 Å². The fourth-order valence-electron chi connectivity index (χ4n) is 3.96. The summed E-state index contributed by atoms with van der Waals surface area (Å²) >= 11 is 0. The molecule has 2 saturated heterocycles. The van der Waals surface area contributed by atoms with Crippen molar-refractivity contribution in [3.8, 4) is 11.6 Å². The Morgan fingerprint density at radius 3 is 2.93 bits per heavy atom. The second-order valence-corrected chi connectivity index (χ2v) is 7.14. The number of halogens is 1. The number of hydrogen-bond acceptors (Lipinski definition) is 5. The minimum Gasteiger partial charge on any atom is -0.497 e. The molecule has 0 saturated carbocycles. The topological polar surface area (TPSA) is 69.7 Å². The smallest absolute Gasteiger partial charge is 0.258 e. The zero-order valence-corrected chi connectivity index (χ0v) is 15.2. The fourth-order valence-corrected chi connectivity index (χ4v) is 3.96. The number of pyridine rings is 1. The van der Waals surface area contributed by atoms with E-state index in [0.29, 0.717) is 37.7 Å². The van der Waals surface area contributed by atoms with Crippen molar-refractivity contribution < 1.29 is 23.4 Å². The summed E-state index contributed by atoms with van der Waals surface area (Å²) in [6.07, 6.45) is 2.92. The minimum absolute atomic E-state index is 0.116. The zero-order valence-electron chi connectivity index (χ0n) is 15.2. The van der Waals surface area contributed by atoms with E-state index in [-0.39, 0.29) is 25.0 Å². The van der Waals surface area contributed by atoms with Crippen LogP contribution in [0.25, 0.3) is 10.8 Å². The molecule has 2 aromatic rings. The maximum Gasteiger partial charge on any atom is 0.258 e. The Balaban J connectivity index is 1.46. The van der Waals surface area contributed by atoms with E-state index in [1.807, 2.05) is 24.3 Å². The molecule has 4 rings (SSSR count). The maximum atomic E-state index is 15.4. The van der Waals surface area contributed by atoms with Crippen molar-refractivity contribution in [3.63, 3.8) is 0 Å². The van der Waals surface area contributed by atoms with E-state index in [2.05, 4.69) is 10.3 Å². The van der Waals surface area contributed by atoms with E-state index in [4.69, 9.17) is 14.2 Å². The van der Waals surface area contributed by atoms with E-state index < -0.39 is 11.6 Å². The van der Waals surface area contributed by atoms with Crippen LogP contribution in [0.5, 0.6) is 11.6 Å².